The van der Waals surface area contributed by atoms with Gasteiger partial charge in [-0.2, -0.15) is 0 Å². The van der Waals surface area contributed by atoms with E-state index in [2.05, 4.69) is 17.3 Å². The number of nitrogens with zero attached hydrogens (tertiary/aromatic N) is 2. The number of carbonyl (C=O) groups excluding carboxylic acids is 1. The molecule has 0 aliphatic carbocycles. The van der Waals surface area contributed by atoms with E-state index in [1.54, 1.807) is 4.90 Å². The molecule has 2 fully saturated rings. The van der Waals surface area contributed by atoms with Gasteiger partial charge in [0.25, 0.3) is 0 Å². The van der Waals surface area contributed by atoms with Gasteiger partial charge in [-0.25, -0.2) is 4.79 Å². The van der Waals surface area contributed by atoms with Gasteiger partial charge < -0.3 is 20.2 Å². The van der Waals surface area contributed by atoms with Gasteiger partial charge in [-0.15, -0.1) is 0 Å². The number of carboxylic acid groups (broad SMARTS) is 1. The van der Waals surface area contributed by atoms with Gasteiger partial charge >= 0.3 is 12.0 Å². The third-order valence-corrected chi connectivity index (χ3v) is 4.22. The van der Waals surface area contributed by atoms with Gasteiger partial charge in [0.1, 0.15) is 0 Å². The standard InChI is InChI=1S/C13H23N3O3/c1-15-6-3-5-11(15)8-14-13(19)16-7-2-4-10(9-16)12(17)18/h10-11H,2-9H2,1H3,(H,14,19)(H,17,18)/t10-,11?/m1/s1. The fraction of sp³-hybridized carbons (Fsp3) is 0.846. The Morgan fingerprint density at radius 1 is 1.26 bits per heavy atom. The number of carboxylic acids is 1. The van der Waals surface area contributed by atoms with Crippen molar-refractivity contribution in [2.45, 2.75) is 31.7 Å². The summed E-state index contributed by atoms with van der Waals surface area (Å²) < 4.78 is 0. The topological polar surface area (TPSA) is 72.9 Å². The van der Waals surface area contributed by atoms with Crippen molar-refractivity contribution in [3.05, 3.63) is 0 Å². The maximum atomic E-state index is 12.0. The Morgan fingerprint density at radius 3 is 2.63 bits per heavy atom. The average molecular weight is 269 g/mol. The molecule has 1 unspecified atom stereocenters. The Bertz CT molecular complexity index is 348. The maximum absolute atomic E-state index is 12.0. The number of urea groups is 1. The molecule has 0 spiro atoms. The lowest BCUT2D eigenvalue weighted by Gasteiger charge is -2.31. The van der Waals surface area contributed by atoms with Crippen LogP contribution >= 0.6 is 0 Å². The molecule has 108 valence electrons. The molecule has 2 rings (SSSR count). The van der Waals surface area contributed by atoms with Gasteiger partial charge in [0, 0.05) is 25.7 Å². The molecule has 2 amide bonds. The smallest absolute Gasteiger partial charge is 0.317 e. The van der Waals surface area contributed by atoms with E-state index in [0.717, 1.165) is 19.4 Å². The monoisotopic (exact) mass is 269 g/mol. The number of carbonyl (C=O) groups is 2. The molecule has 6 nitrogen and oxygen atoms in total. The number of hydrogen-bond acceptors (Lipinski definition) is 3. The molecule has 2 N–H and O–H groups in total. The summed E-state index contributed by atoms with van der Waals surface area (Å²) in [4.78, 5) is 26.9. The first kappa shape index (κ1) is 14.1. The molecule has 6 heteroatoms. The highest BCUT2D eigenvalue weighted by Crippen LogP contribution is 2.17. The van der Waals surface area contributed by atoms with Crippen LogP contribution in [0.25, 0.3) is 0 Å². The molecule has 0 aromatic carbocycles. The van der Waals surface area contributed by atoms with Gasteiger partial charge in [0.15, 0.2) is 0 Å². The second-order valence-electron chi connectivity index (χ2n) is 5.59. The summed E-state index contributed by atoms with van der Waals surface area (Å²) >= 11 is 0. The summed E-state index contributed by atoms with van der Waals surface area (Å²) in [6.45, 7) is 2.74. The Morgan fingerprint density at radius 2 is 2.00 bits per heavy atom. The van der Waals surface area contributed by atoms with Crippen LogP contribution < -0.4 is 5.32 Å². The van der Waals surface area contributed by atoms with Crippen LogP contribution in [0.15, 0.2) is 0 Å². The summed E-state index contributed by atoms with van der Waals surface area (Å²) in [5.74, 6) is -1.21. The zero-order valence-electron chi connectivity index (χ0n) is 11.5. The molecule has 0 bridgehead atoms. The van der Waals surface area contributed by atoms with Crippen molar-refractivity contribution in [1.82, 2.24) is 15.1 Å². The molecular formula is C13H23N3O3. The number of aliphatic carboxylic acids is 1. The first-order chi connectivity index (χ1) is 9.08. The molecule has 0 radical (unpaired) electrons. The Hall–Kier alpha value is -1.30. The second kappa shape index (κ2) is 6.23. The predicted octanol–water partition coefficient (Wildman–Crippen LogP) is 0.587. The summed E-state index contributed by atoms with van der Waals surface area (Å²) in [5.41, 5.74) is 0. The summed E-state index contributed by atoms with van der Waals surface area (Å²) in [6.07, 6.45) is 3.74. The second-order valence-corrected chi connectivity index (χ2v) is 5.59. The first-order valence-corrected chi connectivity index (χ1v) is 7.03. The highest BCUT2D eigenvalue weighted by Gasteiger charge is 2.29. The van der Waals surface area contributed by atoms with Crippen molar-refractivity contribution >= 4 is 12.0 Å². The third-order valence-electron chi connectivity index (χ3n) is 4.22. The lowest BCUT2D eigenvalue weighted by atomic mass is 9.99. The number of hydrogen-bond donors (Lipinski definition) is 2. The van der Waals surface area contributed by atoms with Crippen LogP contribution in [0.4, 0.5) is 4.79 Å². The molecule has 0 aromatic rings. The Labute approximate surface area is 113 Å². The quantitative estimate of drug-likeness (QED) is 0.786. The summed E-state index contributed by atoms with van der Waals surface area (Å²) in [5, 5.41) is 11.9. The van der Waals surface area contributed by atoms with E-state index in [0.29, 0.717) is 32.1 Å². The third kappa shape index (κ3) is 3.59. The van der Waals surface area contributed by atoms with E-state index >= 15 is 0 Å². The molecule has 0 saturated carbocycles. The van der Waals surface area contributed by atoms with Crippen LogP contribution in [0, 0.1) is 5.92 Å². The molecule has 2 saturated heterocycles. The van der Waals surface area contributed by atoms with Crippen molar-refractivity contribution in [2.24, 2.45) is 5.92 Å². The fourth-order valence-corrected chi connectivity index (χ4v) is 2.92. The number of amides is 2. The minimum atomic E-state index is -0.798. The van der Waals surface area contributed by atoms with E-state index in [9.17, 15) is 9.59 Å². The maximum Gasteiger partial charge on any atom is 0.317 e. The van der Waals surface area contributed by atoms with Crippen LogP contribution in [-0.4, -0.2) is 66.2 Å². The SMILES string of the molecule is CN1CCCC1CNC(=O)N1CCC[C@@H](C(=O)O)C1. The normalized spacial score (nSPS) is 28.4. The van der Waals surface area contributed by atoms with Crippen molar-refractivity contribution in [3.8, 4) is 0 Å². The zero-order chi connectivity index (χ0) is 13.8. The molecular weight excluding hydrogens is 246 g/mol. The van der Waals surface area contributed by atoms with Crippen molar-refractivity contribution in [1.29, 1.82) is 0 Å². The number of piperidine rings is 1. The highest BCUT2D eigenvalue weighted by molar-refractivity contribution is 5.76. The lowest BCUT2D eigenvalue weighted by molar-refractivity contribution is -0.143. The van der Waals surface area contributed by atoms with E-state index < -0.39 is 11.9 Å². The number of likely N-dealkylation sites (tertiary alicyclic amines) is 2. The summed E-state index contributed by atoms with van der Waals surface area (Å²) in [6, 6.07) is 0.301. The van der Waals surface area contributed by atoms with Crippen LogP contribution in [-0.2, 0) is 4.79 Å². The van der Waals surface area contributed by atoms with Crippen LogP contribution in [0.5, 0.6) is 0 Å². The van der Waals surface area contributed by atoms with E-state index in [1.165, 1.54) is 6.42 Å². The number of rotatable bonds is 3. The molecule has 0 aromatic heterocycles. The number of likely N-dealkylation sites (N-methyl/N-ethyl adjacent to an activating group) is 1. The molecule has 2 atom stereocenters. The van der Waals surface area contributed by atoms with Crippen LogP contribution in [0.1, 0.15) is 25.7 Å². The van der Waals surface area contributed by atoms with Crippen molar-refractivity contribution < 1.29 is 14.7 Å². The van der Waals surface area contributed by atoms with E-state index in [4.69, 9.17) is 5.11 Å². The van der Waals surface area contributed by atoms with E-state index in [-0.39, 0.29) is 6.03 Å². The number of nitrogens with one attached hydrogen (secondary N) is 1. The van der Waals surface area contributed by atoms with Crippen molar-refractivity contribution in [2.75, 3.05) is 33.2 Å². The summed E-state index contributed by atoms with van der Waals surface area (Å²) in [7, 11) is 2.07. The minimum Gasteiger partial charge on any atom is -0.481 e. The van der Waals surface area contributed by atoms with Gasteiger partial charge in [-0.1, -0.05) is 0 Å². The van der Waals surface area contributed by atoms with Gasteiger partial charge in [-0.3, -0.25) is 4.79 Å². The largest absolute Gasteiger partial charge is 0.481 e. The Kier molecular flexibility index (Phi) is 4.63. The van der Waals surface area contributed by atoms with Gasteiger partial charge in [0.2, 0.25) is 0 Å². The molecule has 19 heavy (non-hydrogen) atoms. The molecule has 2 aliphatic heterocycles. The lowest BCUT2D eigenvalue weighted by Crippen LogP contribution is -2.49. The highest BCUT2D eigenvalue weighted by atomic mass is 16.4. The van der Waals surface area contributed by atoms with Crippen LogP contribution in [0.2, 0.25) is 0 Å². The fourth-order valence-electron chi connectivity index (χ4n) is 2.92. The zero-order valence-corrected chi connectivity index (χ0v) is 11.5. The van der Waals surface area contributed by atoms with Crippen molar-refractivity contribution in [3.63, 3.8) is 0 Å². The van der Waals surface area contributed by atoms with Gasteiger partial charge in [0.05, 0.1) is 5.92 Å². The van der Waals surface area contributed by atoms with Gasteiger partial charge in [-0.05, 0) is 39.3 Å². The first-order valence-electron chi connectivity index (χ1n) is 7.03. The predicted molar refractivity (Wildman–Crippen MR) is 71.0 cm³/mol. The minimum absolute atomic E-state index is 0.119. The molecule has 2 heterocycles. The average Bonchev–Trinajstić information content (AvgIpc) is 2.81. The molecule has 2 aliphatic rings. The van der Waals surface area contributed by atoms with Crippen LogP contribution in [0.3, 0.4) is 0 Å². The van der Waals surface area contributed by atoms with E-state index in [1.807, 2.05) is 0 Å². The Balaban J connectivity index is 1.77.